The van der Waals surface area contributed by atoms with E-state index in [0.717, 1.165) is 16.8 Å². The quantitative estimate of drug-likeness (QED) is 0.522. The van der Waals surface area contributed by atoms with Gasteiger partial charge in [0.1, 0.15) is 17.3 Å². The first kappa shape index (κ1) is 26.1. The molecule has 0 bridgehead atoms. The van der Waals surface area contributed by atoms with Crippen LogP contribution in [-0.4, -0.2) is 46.8 Å². The second-order valence-corrected chi connectivity index (χ2v) is 8.96. The molecular weight excluding hydrogens is 474 g/mol. The van der Waals surface area contributed by atoms with Crippen LogP contribution in [0.5, 0.6) is 23.0 Å². The molecule has 0 spiro atoms. The Labute approximate surface area is 217 Å². The number of esters is 1. The zero-order valence-electron chi connectivity index (χ0n) is 22.0. The number of hydrogen-bond donors (Lipinski definition) is 1. The van der Waals surface area contributed by atoms with Crippen molar-refractivity contribution in [3.05, 3.63) is 70.6 Å². The number of benzene rings is 2. The molecule has 4 rings (SSSR count). The molecule has 2 aromatic carbocycles. The van der Waals surface area contributed by atoms with E-state index in [4.69, 9.17) is 23.7 Å². The monoisotopic (exact) mass is 507 g/mol. The molecule has 3 unspecified atom stereocenters. The number of rotatable bonds is 8. The lowest BCUT2D eigenvalue weighted by atomic mass is 9.68. The molecular formula is C29H33NO7. The molecule has 0 saturated heterocycles. The summed E-state index contributed by atoms with van der Waals surface area (Å²) in [5.74, 6) is 0.605. The first-order valence-electron chi connectivity index (χ1n) is 12.2. The van der Waals surface area contributed by atoms with Gasteiger partial charge in [-0.2, -0.15) is 0 Å². The van der Waals surface area contributed by atoms with Gasteiger partial charge in [-0.05, 0) is 37.6 Å². The highest BCUT2D eigenvalue weighted by Crippen LogP contribution is 2.49. The molecule has 1 aliphatic carbocycles. The molecule has 1 N–H and O–H groups in total. The van der Waals surface area contributed by atoms with E-state index in [0.29, 0.717) is 34.3 Å². The van der Waals surface area contributed by atoms with Crippen molar-refractivity contribution in [3.8, 4) is 23.0 Å². The predicted molar refractivity (Wildman–Crippen MR) is 138 cm³/mol. The number of methoxy groups -OCH3 is 4. The number of hydrogen-bond acceptors (Lipinski definition) is 8. The van der Waals surface area contributed by atoms with Crippen molar-refractivity contribution in [1.82, 2.24) is 5.32 Å². The van der Waals surface area contributed by atoms with E-state index in [1.54, 1.807) is 47.5 Å². The average Bonchev–Trinajstić information content (AvgIpc) is 2.91. The van der Waals surface area contributed by atoms with E-state index >= 15 is 0 Å². The summed E-state index contributed by atoms with van der Waals surface area (Å²) in [4.78, 5) is 27.0. The Kier molecular flexibility index (Phi) is 7.76. The van der Waals surface area contributed by atoms with E-state index in [-0.39, 0.29) is 24.7 Å². The van der Waals surface area contributed by atoms with Gasteiger partial charge in [0.05, 0.1) is 46.5 Å². The lowest BCUT2D eigenvalue weighted by molar-refractivity contribution is -0.139. The second kappa shape index (κ2) is 11.0. The topological polar surface area (TPSA) is 92.3 Å². The van der Waals surface area contributed by atoms with Crippen LogP contribution in [0.1, 0.15) is 43.2 Å². The summed E-state index contributed by atoms with van der Waals surface area (Å²) in [7, 11) is 6.31. The number of fused-ring (bicyclic) bond motifs is 1. The highest BCUT2D eigenvalue weighted by molar-refractivity contribution is 5.96. The molecule has 0 amide bonds. The van der Waals surface area contributed by atoms with Crippen LogP contribution in [0, 0.1) is 5.92 Å². The second-order valence-electron chi connectivity index (χ2n) is 8.96. The maximum Gasteiger partial charge on any atom is 0.336 e. The SMILES string of the molecule is CCOC(=O)C1=C(C)NC2=CC(c3ccc(OC)c(OC)c3)CC(=O)C2C1c1ccc(OC)cc1OC. The summed E-state index contributed by atoms with van der Waals surface area (Å²) < 4.78 is 27.3. The van der Waals surface area contributed by atoms with Gasteiger partial charge in [-0.3, -0.25) is 4.79 Å². The molecule has 2 aromatic rings. The molecule has 0 radical (unpaired) electrons. The van der Waals surface area contributed by atoms with Crippen LogP contribution in [0.2, 0.25) is 0 Å². The highest BCUT2D eigenvalue weighted by Gasteiger charge is 2.46. The largest absolute Gasteiger partial charge is 0.497 e. The van der Waals surface area contributed by atoms with Crippen molar-refractivity contribution in [2.75, 3.05) is 35.0 Å². The molecule has 0 fully saturated rings. The fourth-order valence-corrected chi connectivity index (χ4v) is 5.26. The van der Waals surface area contributed by atoms with Gasteiger partial charge in [-0.15, -0.1) is 0 Å². The summed E-state index contributed by atoms with van der Waals surface area (Å²) in [6.45, 7) is 3.82. The Morgan fingerprint density at radius 1 is 0.919 bits per heavy atom. The molecule has 3 atom stereocenters. The first-order chi connectivity index (χ1) is 17.9. The van der Waals surface area contributed by atoms with Crippen molar-refractivity contribution in [2.45, 2.75) is 32.1 Å². The Morgan fingerprint density at radius 2 is 1.65 bits per heavy atom. The third kappa shape index (κ3) is 4.88. The maximum absolute atomic E-state index is 13.9. The van der Waals surface area contributed by atoms with Crippen LogP contribution in [0.4, 0.5) is 0 Å². The van der Waals surface area contributed by atoms with Crippen LogP contribution in [0.3, 0.4) is 0 Å². The number of carbonyl (C=O) groups excluding carboxylic acids is 2. The van der Waals surface area contributed by atoms with Crippen LogP contribution < -0.4 is 24.3 Å². The fourth-order valence-electron chi connectivity index (χ4n) is 5.26. The number of carbonyl (C=O) groups is 2. The smallest absolute Gasteiger partial charge is 0.336 e. The van der Waals surface area contributed by atoms with Crippen LogP contribution in [0.15, 0.2) is 59.4 Å². The zero-order chi connectivity index (χ0) is 26.7. The van der Waals surface area contributed by atoms with Crippen LogP contribution in [0.25, 0.3) is 0 Å². The van der Waals surface area contributed by atoms with E-state index in [1.165, 1.54) is 0 Å². The van der Waals surface area contributed by atoms with Gasteiger partial charge >= 0.3 is 5.97 Å². The average molecular weight is 508 g/mol. The fraction of sp³-hybridized carbons (Fsp3) is 0.379. The normalized spacial score (nSPS) is 20.9. The maximum atomic E-state index is 13.9. The van der Waals surface area contributed by atoms with E-state index in [2.05, 4.69) is 11.4 Å². The molecule has 196 valence electrons. The van der Waals surface area contributed by atoms with Crippen molar-refractivity contribution >= 4 is 11.8 Å². The summed E-state index contributed by atoms with van der Waals surface area (Å²) in [6.07, 6.45) is 2.34. The lowest BCUT2D eigenvalue weighted by Crippen LogP contribution is -2.42. The molecule has 1 aliphatic heterocycles. The van der Waals surface area contributed by atoms with Gasteiger partial charge < -0.3 is 29.0 Å². The van der Waals surface area contributed by atoms with Gasteiger partial charge in [-0.25, -0.2) is 4.79 Å². The van der Waals surface area contributed by atoms with Gasteiger partial charge in [0, 0.05) is 41.3 Å². The summed E-state index contributed by atoms with van der Waals surface area (Å²) in [5, 5.41) is 3.35. The van der Waals surface area contributed by atoms with Gasteiger partial charge in [0.25, 0.3) is 0 Å². The molecule has 0 saturated carbocycles. The molecule has 8 heteroatoms. The number of ether oxygens (including phenoxy) is 5. The van der Waals surface area contributed by atoms with Gasteiger partial charge in [0.2, 0.25) is 0 Å². The number of Topliss-reactive ketones (excluding diaryl/α,β-unsaturated/α-hetero) is 1. The first-order valence-corrected chi connectivity index (χ1v) is 12.2. The minimum atomic E-state index is -0.596. The standard InChI is InChI=1S/C29H33NO7/c1-7-37-29(32)26-16(2)30-21-12-18(17-8-11-23(34-4)25(14-17)36-6)13-22(31)28(21)27(26)20-10-9-19(33-3)15-24(20)35-5/h8-12,14-15,18,27-28,30H,7,13H2,1-6H3. The van der Waals surface area contributed by atoms with Gasteiger partial charge in [-0.1, -0.05) is 18.2 Å². The molecule has 0 aromatic heterocycles. The molecule has 8 nitrogen and oxygen atoms in total. The van der Waals surface area contributed by atoms with Crippen molar-refractivity contribution in [1.29, 1.82) is 0 Å². The Hall–Kier alpha value is -3.94. The van der Waals surface area contributed by atoms with E-state index in [1.807, 2.05) is 31.2 Å². The lowest BCUT2D eigenvalue weighted by Gasteiger charge is -2.40. The predicted octanol–water partition coefficient (Wildman–Crippen LogP) is 4.50. The van der Waals surface area contributed by atoms with E-state index in [9.17, 15) is 9.59 Å². The molecule has 37 heavy (non-hydrogen) atoms. The Morgan fingerprint density at radius 3 is 2.30 bits per heavy atom. The van der Waals surface area contributed by atoms with Crippen molar-refractivity contribution < 1.29 is 33.3 Å². The Bertz CT molecular complexity index is 1260. The van der Waals surface area contributed by atoms with Crippen molar-refractivity contribution in [3.63, 3.8) is 0 Å². The zero-order valence-corrected chi connectivity index (χ0v) is 22.0. The minimum absolute atomic E-state index is 0.0157. The van der Waals surface area contributed by atoms with Crippen LogP contribution in [-0.2, 0) is 14.3 Å². The molecule has 2 aliphatic rings. The molecule has 1 heterocycles. The summed E-state index contributed by atoms with van der Waals surface area (Å²) >= 11 is 0. The minimum Gasteiger partial charge on any atom is -0.497 e. The third-order valence-corrected chi connectivity index (χ3v) is 6.97. The number of ketones is 1. The summed E-state index contributed by atoms with van der Waals surface area (Å²) in [6, 6.07) is 11.1. The highest BCUT2D eigenvalue weighted by atomic mass is 16.5. The summed E-state index contributed by atoms with van der Waals surface area (Å²) in [5.41, 5.74) is 3.48. The Balaban J connectivity index is 1.85. The number of allylic oxidation sites excluding steroid dienone is 3. The third-order valence-electron chi connectivity index (χ3n) is 6.97. The number of nitrogens with one attached hydrogen (secondary N) is 1. The van der Waals surface area contributed by atoms with Crippen LogP contribution >= 0.6 is 0 Å². The van der Waals surface area contributed by atoms with Crippen molar-refractivity contribution in [2.24, 2.45) is 5.92 Å². The van der Waals surface area contributed by atoms with E-state index < -0.39 is 17.8 Å². The van der Waals surface area contributed by atoms with Gasteiger partial charge in [0.15, 0.2) is 11.5 Å².